The predicted molar refractivity (Wildman–Crippen MR) is 92.0 cm³/mol. The molecule has 0 aliphatic rings. The molecular weight excluding hydrogens is 314 g/mol. The van der Waals surface area contributed by atoms with Gasteiger partial charge in [-0.1, -0.05) is 19.9 Å². The van der Waals surface area contributed by atoms with Crippen molar-refractivity contribution in [3.8, 4) is 0 Å². The van der Waals surface area contributed by atoms with E-state index in [0.717, 1.165) is 13.0 Å². The number of carbonyl (C=O) groups excluding carboxylic acids is 1. The molecule has 0 spiro atoms. The largest absolute Gasteiger partial charge is 0.352 e. The third-order valence-corrected chi connectivity index (χ3v) is 4.58. The Morgan fingerprint density at radius 1 is 1.26 bits per heavy atom. The number of benzene rings is 1. The number of carbonyl (C=O) groups is 1. The Morgan fingerprint density at radius 3 is 2.57 bits per heavy atom. The van der Waals surface area contributed by atoms with Crippen LogP contribution >= 0.6 is 0 Å². The van der Waals surface area contributed by atoms with Crippen LogP contribution in [0.2, 0.25) is 0 Å². The maximum atomic E-state index is 12.2. The van der Waals surface area contributed by atoms with Gasteiger partial charge in [0.15, 0.2) is 0 Å². The van der Waals surface area contributed by atoms with Crippen molar-refractivity contribution in [3.05, 3.63) is 29.8 Å². The van der Waals surface area contributed by atoms with E-state index in [2.05, 4.69) is 10.0 Å². The van der Waals surface area contributed by atoms with Gasteiger partial charge in [0.1, 0.15) is 0 Å². The van der Waals surface area contributed by atoms with Gasteiger partial charge in [-0.05, 0) is 51.2 Å². The van der Waals surface area contributed by atoms with Gasteiger partial charge in [0.05, 0.1) is 4.90 Å². The van der Waals surface area contributed by atoms with Gasteiger partial charge in [-0.25, -0.2) is 13.1 Å². The fourth-order valence-electron chi connectivity index (χ4n) is 1.86. The summed E-state index contributed by atoms with van der Waals surface area (Å²) in [6, 6.07) is 6.09. The Balaban J connectivity index is 2.70. The van der Waals surface area contributed by atoms with Crippen LogP contribution < -0.4 is 10.0 Å². The van der Waals surface area contributed by atoms with Crippen molar-refractivity contribution in [3.63, 3.8) is 0 Å². The number of hydrogen-bond acceptors (Lipinski definition) is 4. The fourth-order valence-corrected chi connectivity index (χ4v) is 3.12. The minimum atomic E-state index is -3.58. The minimum absolute atomic E-state index is 0.110. The quantitative estimate of drug-likeness (QED) is 0.664. The molecule has 0 saturated heterocycles. The van der Waals surface area contributed by atoms with Crippen LogP contribution in [0.15, 0.2) is 29.2 Å². The summed E-state index contributed by atoms with van der Waals surface area (Å²) in [6.45, 7) is 5.66. The summed E-state index contributed by atoms with van der Waals surface area (Å²) in [5.74, 6) is -0.0439. The van der Waals surface area contributed by atoms with Crippen molar-refractivity contribution in [2.45, 2.75) is 25.2 Å². The lowest BCUT2D eigenvalue weighted by Crippen LogP contribution is -2.29. The predicted octanol–water partition coefficient (Wildman–Crippen LogP) is 1.30. The lowest BCUT2D eigenvalue weighted by atomic mass is 10.2. The molecule has 0 aliphatic heterocycles. The molecule has 23 heavy (non-hydrogen) atoms. The molecule has 1 amide bonds. The standard InChI is InChI=1S/C16H27N3O3S/c1-13(2)12-18-23(21,22)15-8-5-7-14(11-15)16(20)17-9-6-10-19(3)4/h5,7-8,11,13,18H,6,9-10,12H2,1-4H3,(H,17,20). The molecule has 0 fully saturated rings. The smallest absolute Gasteiger partial charge is 0.251 e. The van der Waals surface area contributed by atoms with Crippen LogP contribution in [0.5, 0.6) is 0 Å². The van der Waals surface area contributed by atoms with Crippen LogP contribution in [0.4, 0.5) is 0 Å². The van der Waals surface area contributed by atoms with Crippen LogP contribution in [-0.2, 0) is 10.0 Å². The third kappa shape index (κ3) is 7.11. The van der Waals surface area contributed by atoms with Crippen molar-refractivity contribution < 1.29 is 13.2 Å². The van der Waals surface area contributed by atoms with E-state index in [1.54, 1.807) is 12.1 Å². The van der Waals surface area contributed by atoms with E-state index in [4.69, 9.17) is 0 Å². The first kappa shape index (κ1) is 19.6. The highest BCUT2D eigenvalue weighted by Crippen LogP contribution is 2.12. The molecule has 0 atom stereocenters. The molecule has 1 rings (SSSR count). The van der Waals surface area contributed by atoms with Crippen LogP contribution in [0.3, 0.4) is 0 Å². The second kappa shape index (κ2) is 9.00. The molecule has 1 aromatic rings. The minimum Gasteiger partial charge on any atom is -0.352 e. The van der Waals surface area contributed by atoms with Gasteiger partial charge in [0, 0.05) is 18.7 Å². The molecule has 0 radical (unpaired) electrons. The molecule has 1 aromatic carbocycles. The maximum Gasteiger partial charge on any atom is 0.251 e. The molecule has 0 aromatic heterocycles. The van der Waals surface area contributed by atoms with Crippen molar-refractivity contribution in [1.29, 1.82) is 0 Å². The highest BCUT2D eigenvalue weighted by Gasteiger charge is 2.16. The van der Waals surface area contributed by atoms with Crippen LogP contribution in [0.1, 0.15) is 30.6 Å². The highest BCUT2D eigenvalue weighted by molar-refractivity contribution is 7.89. The topological polar surface area (TPSA) is 78.5 Å². The third-order valence-electron chi connectivity index (χ3n) is 3.16. The second-order valence-corrected chi connectivity index (χ2v) is 7.95. The lowest BCUT2D eigenvalue weighted by molar-refractivity contribution is 0.0952. The zero-order valence-corrected chi connectivity index (χ0v) is 15.1. The Hall–Kier alpha value is -1.44. The summed E-state index contributed by atoms with van der Waals surface area (Å²) >= 11 is 0. The summed E-state index contributed by atoms with van der Waals surface area (Å²) < 4.78 is 26.9. The Kier molecular flexibility index (Phi) is 7.67. The van der Waals surface area contributed by atoms with Gasteiger partial charge in [-0.2, -0.15) is 0 Å². The molecule has 6 nitrogen and oxygen atoms in total. The Bertz CT molecular complexity index is 613. The van der Waals surface area contributed by atoms with Gasteiger partial charge in [-0.3, -0.25) is 4.79 Å². The monoisotopic (exact) mass is 341 g/mol. The van der Waals surface area contributed by atoms with Gasteiger partial charge in [0.25, 0.3) is 5.91 Å². The first-order valence-corrected chi connectivity index (χ1v) is 9.23. The second-order valence-electron chi connectivity index (χ2n) is 6.19. The average molecular weight is 341 g/mol. The van der Waals surface area contributed by atoms with E-state index in [-0.39, 0.29) is 16.7 Å². The van der Waals surface area contributed by atoms with E-state index in [1.807, 2.05) is 32.8 Å². The molecule has 0 aliphatic carbocycles. The average Bonchev–Trinajstić information content (AvgIpc) is 2.49. The van der Waals surface area contributed by atoms with Crippen molar-refractivity contribution in [1.82, 2.24) is 14.9 Å². The first-order chi connectivity index (χ1) is 10.7. The van der Waals surface area contributed by atoms with E-state index in [9.17, 15) is 13.2 Å². The number of hydrogen-bond donors (Lipinski definition) is 2. The highest BCUT2D eigenvalue weighted by atomic mass is 32.2. The Labute approximate surface area is 139 Å². The summed E-state index contributed by atoms with van der Waals surface area (Å²) in [5, 5.41) is 2.80. The number of nitrogens with zero attached hydrogens (tertiary/aromatic N) is 1. The zero-order valence-electron chi connectivity index (χ0n) is 14.3. The zero-order chi connectivity index (χ0) is 17.5. The number of nitrogens with one attached hydrogen (secondary N) is 2. The SMILES string of the molecule is CC(C)CNS(=O)(=O)c1cccc(C(=O)NCCCN(C)C)c1. The van der Waals surface area contributed by atoms with Gasteiger partial charge >= 0.3 is 0 Å². The molecular formula is C16H27N3O3S. The van der Waals surface area contributed by atoms with Crippen LogP contribution in [0, 0.1) is 5.92 Å². The van der Waals surface area contributed by atoms with Crippen LogP contribution in [0.25, 0.3) is 0 Å². The summed E-state index contributed by atoms with van der Waals surface area (Å²) in [7, 11) is 0.361. The van der Waals surface area contributed by atoms with E-state index < -0.39 is 10.0 Å². The van der Waals surface area contributed by atoms with Crippen LogP contribution in [-0.4, -0.2) is 53.0 Å². The van der Waals surface area contributed by atoms with Crippen molar-refractivity contribution in [2.24, 2.45) is 5.92 Å². The van der Waals surface area contributed by atoms with E-state index >= 15 is 0 Å². The normalized spacial score (nSPS) is 11.9. The number of rotatable bonds is 9. The van der Waals surface area contributed by atoms with Crippen molar-refractivity contribution in [2.75, 3.05) is 33.7 Å². The molecule has 130 valence electrons. The number of sulfonamides is 1. The molecule has 7 heteroatoms. The fraction of sp³-hybridized carbons (Fsp3) is 0.562. The molecule has 0 unspecified atom stereocenters. The van der Waals surface area contributed by atoms with Gasteiger partial charge in [-0.15, -0.1) is 0 Å². The van der Waals surface area contributed by atoms with Crippen molar-refractivity contribution >= 4 is 15.9 Å². The Morgan fingerprint density at radius 2 is 1.96 bits per heavy atom. The summed E-state index contributed by atoms with van der Waals surface area (Å²) in [5.41, 5.74) is 0.349. The maximum absolute atomic E-state index is 12.2. The van der Waals surface area contributed by atoms with E-state index in [1.165, 1.54) is 12.1 Å². The summed E-state index contributed by atoms with van der Waals surface area (Å²) in [6.07, 6.45) is 0.840. The van der Waals surface area contributed by atoms with E-state index in [0.29, 0.717) is 18.7 Å². The molecule has 2 N–H and O–H groups in total. The summed E-state index contributed by atoms with van der Waals surface area (Å²) in [4.78, 5) is 14.2. The molecule has 0 bridgehead atoms. The molecule has 0 heterocycles. The number of amides is 1. The van der Waals surface area contributed by atoms with Gasteiger partial charge < -0.3 is 10.2 Å². The van der Waals surface area contributed by atoms with Gasteiger partial charge in [0.2, 0.25) is 10.0 Å². The lowest BCUT2D eigenvalue weighted by Gasteiger charge is -2.11. The molecule has 0 saturated carbocycles. The first-order valence-electron chi connectivity index (χ1n) is 7.75.